The van der Waals surface area contributed by atoms with E-state index in [0.717, 1.165) is 29.2 Å². The summed E-state index contributed by atoms with van der Waals surface area (Å²) in [5.74, 6) is -2.60. The molecule has 0 aliphatic carbocycles. The first-order valence-corrected chi connectivity index (χ1v) is 12.5. The first kappa shape index (κ1) is 30.6. The van der Waals surface area contributed by atoms with Gasteiger partial charge in [0.05, 0.1) is 35.1 Å². The van der Waals surface area contributed by atoms with Gasteiger partial charge in [-0.2, -0.15) is 18.4 Å². The highest BCUT2D eigenvalue weighted by molar-refractivity contribution is 7.81. The van der Waals surface area contributed by atoms with Crippen molar-refractivity contribution in [3.63, 3.8) is 0 Å². The van der Waals surface area contributed by atoms with Crippen molar-refractivity contribution in [2.75, 3.05) is 9.80 Å². The fraction of sp³-hybridized carbons (Fsp3) is 0.185. The van der Waals surface area contributed by atoms with Crippen LogP contribution in [0.15, 0.2) is 60.7 Å². The van der Waals surface area contributed by atoms with Gasteiger partial charge in [-0.1, -0.05) is 24.3 Å². The van der Waals surface area contributed by atoms with Gasteiger partial charge in [-0.05, 0) is 73.5 Å². The van der Waals surface area contributed by atoms with Gasteiger partial charge in [-0.3, -0.25) is 19.3 Å². The van der Waals surface area contributed by atoms with Crippen LogP contribution in [-0.2, 0) is 22.4 Å². The minimum atomic E-state index is -4.86. The third kappa shape index (κ3) is 5.83. The molecule has 2 amide bonds. The maximum Gasteiger partial charge on any atom is 0.488 e. The minimum absolute atomic E-state index is 0.0617. The number of amides is 2. The molecule has 1 aliphatic heterocycles. The molecule has 15 heteroatoms. The molecule has 3 aromatic rings. The highest BCUT2D eigenvalue weighted by atomic mass is 32.1. The van der Waals surface area contributed by atoms with Crippen molar-refractivity contribution in [1.82, 2.24) is 5.48 Å². The van der Waals surface area contributed by atoms with Crippen LogP contribution in [0.1, 0.15) is 40.9 Å². The predicted molar refractivity (Wildman–Crippen MR) is 148 cm³/mol. The molecule has 1 aliphatic rings. The third-order valence-electron chi connectivity index (χ3n) is 6.49. The molecule has 0 unspecified atom stereocenters. The van der Waals surface area contributed by atoms with Crippen LogP contribution >= 0.6 is 12.2 Å². The summed E-state index contributed by atoms with van der Waals surface area (Å²) >= 11 is 5.44. The van der Waals surface area contributed by atoms with Crippen LogP contribution < -0.4 is 20.7 Å². The van der Waals surface area contributed by atoms with E-state index in [2.05, 4.69) is 5.48 Å². The van der Waals surface area contributed by atoms with E-state index in [1.807, 2.05) is 0 Å². The fourth-order valence-corrected chi connectivity index (χ4v) is 4.83. The molecule has 0 atom stereocenters. The number of alkyl halides is 3. The molecule has 3 aromatic carbocycles. The Kier molecular flexibility index (Phi) is 8.37. The van der Waals surface area contributed by atoms with Crippen LogP contribution in [0.4, 0.5) is 28.9 Å². The largest absolute Gasteiger partial charge is 0.488 e. The summed E-state index contributed by atoms with van der Waals surface area (Å²) in [5.41, 5.74) is -0.920. The maximum absolute atomic E-state index is 15.1. The Hall–Kier alpha value is -4.36. The van der Waals surface area contributed by atoms with Gasteiger partial charge in [0.15, 0.2) is 5.11 Å². The van der Waals surface area contributed by atoms with E-state index in [0.29, 0.717) is 11.6 Å². The second-order valence-electron chi connectivity index (χ2n) is 9.66. The van der Waals surface area contributed by atoms with Crippen LogP contribution in [0.3, 0.4) is 0 Å². The molecular formula is C27H21BF4N4O5S. The highest BCUT2D eigenvalue weighted by Gasteiger charge is 2.51. The lowest BCUT2D eigenvalue weighted by molar-refractivity contribution is -0.137. The number of halogens is 4. The second-order valence-corrected chi connectivity index (χ2v) is 10.0. The average molecular weight is 600 g/mol. The number of rotatable bonds is 7. The Morgan fingerprint density at radius 2 is 1.74 bits per heavy atom. The molecule has 0 spiro atoms. The van der Waals surface area contributed by atoms with Crippen LogP contribution in [-0.4, -0.2) is 39.6 Å². The Labute approximate surface area is 242 Å². The fourth-order valence-electron chi connectivity index (χ4n) is 4.31. The van der Waals surface area contributed by atoms with Gasteiger partial charge in [0.2, 0.25) is 0 Å². The number of anilines is 2. The number of benzene rings is 3. The summed E-state index contributed by atoms with van der Waals surface area (Å²) < 4.78 is 55.7. The number of carbonyl (C=O) groups excluding carboxylic acids is 2. The van der Waals surface area contributed by atoms with Crippen molar-refractivity contribution >= 4 is 53.1 Å². The Morgan fingerprint density at radius 3 is 2.31 bits per heavy atom. The quantitative estimate of drug-likeness (QED) is 0.164. The number of nitriles is 1. The van der Waals surface area contributed by atoms with E-state index in [1.165, 1.54) is 43.0 Å². The molecule has 4 rings (SSSR count). The third-order valence-corrected chi connectivity index (χ3v) is 6.86. The molecule has 1 fully saturated rings. The topological polar surface area (TPSA) is 126 Å². The van der Waals surface area contributed by atoms with Crippen LogP contribution in [0, 0.1) is 17.1 Å². The number of hydrogen-bond donors (Lipinski definition) is 3. The number of thiocarbonyl (C=S) groups is 1. The molecule has 42 heavy (non-hydrogen) atoms. The first-order valence-electron chi connectivity index (χ1n) is 12.1. The number of nitrogens with one attached hydrogen (secondary N) is 1. The van der Waals surface area contributed by atoms with E-state index in [1.54, 1.807) is 12.1 Å². The predicted octanol–water partition coefficient (Wildman–Crippen LogP) is 3.17. The van der Waals surface area contributed by atoms with Crippen molar-refractivity contribution < 1.29 is 42.0 Å². The molecule has 9 nitrogen and oxygen atoms in total. The van der Waals surface area contributed by atoms with Gasteiger partial charge >= 0.3 is 13.3 Å². The van der Waals surface area contributed by atoms with Gasteiger partial charge in [0, 0.05) is 5.69 Å². The average Bonchev–Trinajstić information content (AvgIpc) is 3.10. The lowest BCUT2D eigenvalue weighted by Gasteiger charge is -2.29. The second kappa shape index (κ2) is 11.5. The van der Waals surface area contributed by atoms with Crippen molar-refractivity contribution in [2.24, 2.45) is 0 Å². The summed E-state index contributed by atoms with van der Waals surface area (Å²) in [6.45, 7) is 2.80. The number of hydroxylamine groups is 1. The van der Waals surface area contributed by atoms with Gasteiger partial charge < -0.3 is 14.9 Å². The summed E-state index contributed by atoms with van der Waals surface area (Å²) in [7, 11) is -1.63. The van der Waals surface area contributed by atoms with Crippen LogP contribution in [0.2, 0.25) is 0 Å². The zero-order valence-corrected chi connectivity index (χ0v) is 22.8. The van der Waals surface area contributed by atoms with Crippen molar-refractivity contribution in [3.05, 3.63) is 88.7 Å². The van der Waals surface area contributed by atoms with Crippen molar-refractivity contribution in [3.8, 4) is 6.07 Å². The molecule has 1 heterocycles. The van der Waals surface area contributed by atoms with E-state index in [4.69, 9.17) is 32.4 Å². The maximum atomic E-state index is 15.1. The molecule has 216 valence electrons. The number of nitrogens with zero attached hydrogens (tertiary/aromatic N) is 3. The SMILES string of the molecule is CC1(C)C(=O)N(c2ccc(C#N)c(C(F)(F)F)c2)C(=S)N1c1ccc(C(=O)NOCc2ccc(B(O)O)cc2)c(F)c1. The molecular weight excluding hydrogens is 579 g/mol. The monoisotopic (exact) mass is 600 g/mol. The van der Waals surface area contributed by atoms with Gasteiger partial charge in [-0.25, -0.2) is 9.87 Å². The summed E-state index contributed by atoms with van der Waals surface area (Å²) in [6, 6.07) is 13.6. The molecule has 3 N–H and O–H groups in total. The summed E-state index contributed by atoms with van der Waals surface area (Å²) in [5, 5.41) is 27.1. The van der Waals surface area contributed by atoms with E-state index in [9.17, 15) is 22.8 Å². The zero-order valence-electron chi connectivity index (χ0n) is 21.9. The highest BCUT2D eigenvalue weighted by Crippen LogP contribution is 2.39. The molecule has 0 saturated carbocycles. The van der Waals surface area contributed by atoms with Gasteiger partial charge in [-0.15, -0.1) is 0 Å². The van der Waals surface area contributed by atoms with Crippen LogP contribution in [0.5, 0.6) is 0 Å². The number of hydrogen-bond acceptors (Lipinski definition) is 7. The van der Waals surface area contributed by atoms with Crippen LogP contribution in [0.25, 0.3) is 0 Å². The minimum Gasteiger partial charge on any atom is -0.423 e. The smallest absolute Gasteiger partial charge is 0.423 e. The van der Waals surface area contributed by atoms with Gasteiger partial charge in [0.25, 0.3) is 11.8 Å². The Balaban J connectivity index is 1.53. The van der Waals surface area contributed by atoms with Crippen molar-refractivity contribution in [1.29, 1.82) is 5.26 Å². The Bertz CT molecular complexity index is 1610. The first-order chi connectivity index (χ1) is 19.7. The lowest BCUT2D eigenvalue weighted by Crippen LogP contribution is -2.44. The standard InChI is InChI=1S/C27H21BF4N4O5S/c1-26(2)24(38)35(18-8-5-16(13-33)21(11-18)27(30,31)32)25(42)36(26)19-9-10-20(22(29)12-19)23(37)34-41-14-15-3-6-17(7-4-15)28(39)40/h3-12,39-40H,14H2,1-2H3,(H,34,37). The Morgan fingerprint density at radius 1 is 1.10 bits per heavy atom. The normalized spacial score (nSPS) is 14.6. The summed E-state index contributed by atoms with van der Waals surface area (Å²) in [6.07, 6.45) is -4.86. The number of carbonyl (C=O) groups is 2. The molecule has 1 saturated heterocycles. The van der Waals surface area contributed by atoms with Gasteiger partial charge in [0.1, 0.15) is 11.4 Å². The van der Waals surface area contributed by atoms with Crippen molar-refractivity contribution in [2.45, 2.75) is 32.2 Å². The van der Waals surface area contributed by atoms with E-state index in [-0.39, 0.29) is 28.6 Å². The van der Waals surface area contributed by atoms with E-state index >= 15 is 4.39 Å². The lowest BCUT2D eigenvalue weighted by atomic mass is 9.80. The molecule has 0 bridgehead atoms. The van der Waals surface area contributed by atoms with E-state index < -0.39 is 53.2 Å². The zero-order chi connectivity index (χ0) is 31.0. The summed E-state index contributed by atoms with van der Waals surface area (Å²) in [4.78, 5) is 33.1. The molecule has 0 radical (unpaired) electrons. The molecule has 0 aromatic heterocycles.